The quantitative estimate of drug-likeness (QED) is 0.700. The molecule has 0 radical (unpaired) electrons. The third-order valence-electron chi connectivity index (χ3n) is 3.59. The Balaban J connectivity index is 2.21. The minimum Gasteiger partial charge on any atom is -0.477 e. The van der Waals surface area contributed by atoms with Crippen LogP contribution in [0, 0.1) is 11.3 Å². The summed E-state index contributed by atoms with van der Waals surface area (Å²) in [6.45, 7) is 2.04. The molecule has 1 aromatic heterocycles. The van der Waals surface area contributed by atoms with Gasteiger partial charge < -0.3 is 4.74 Å². The summed E-state index contributed by atoms with van der Waals surface area (Å²) < 4.78 is 31.3. The first kappa shape index (κ1) is 16.9. The van der Waals surface area contributed by atoms with E-state index in [-0.39, 0.29) is 23.1 Å². The zero-order valence-corrected chi connectivity index (χ0v) is 14.3. The van der Waals surface area contributed by atoms with Crippen LogP contribution in [0.1, 0.15) is 17.9 Å². The zero-order chi connectivity index (χ0) is 17.9. The first-order valence-corrected chi connectivity index (χ1v) is 9.20. The third kappa shape index (κ3) is 3.16. The van der Waals surface area contributed by atoms with E-state index in [1.807, 2.05) is 6.07 Å². The molecule has 0 aliphatic heterocycles. The van der Waals surface area contributed by atoms with Gasteiger partial charge in [0, 0.05) is 0 Å². The number of aromatic nitrogens is 2. The van der Waals surface area contributed by atoms with Crippen LogP contribution < -0.4 is 4.74 Å². The summed E-state index contributed by atoms with van der Waals surface area (Å²) in [7, 11) is -3.96. The highest BCUT2D eigenvalue weighted by Gasteiger charge is 2.34. The van der Waals surface area contributed by atoms with Crippen LogP contribution in [0.4, 0.5) is 0 Å². The van der Waals surface area contributed by atoms with Gasteiger partial charge in [-0.3, -0.25) is 0 Å². The van der Waals surface area contributed by atoms with Crippen molar-refractivity contribution in [2.24, 2.45) is 0 Å². The molecule has 0 spiro atoms. The fourth-order valence-electron chi connectivity index (χ4n) is 2.43. The number of para-hydroxylation sites is 2. The summed E-state index contributed by atoms with van der Waals surface area (Å²) in [5.41, 5.74) is 1.08. The highest BCUT2D eigenvalue weighted by atomic mass is 32.2. The summed E-state index contributed by atoms with van der Waals surface area (Å²) >= 11 is 0. The van der Waals surface area contributed by atoms with Crippen molar-refractivity contribution in [2.45, 2.75) is 17.1 Å². The van der Waals surface area contributed by atoms with Crippen LogP contribution in [-0.4, -0.2) is 25.0 Å². The largest absolute Gasteiger partial charge is 0.477 e. The number of sulfone groups is 1. The molecule has 0 fully saturated rings. The topological polar surface area (TPSA) is 92.9 Å². The van der Waals surface area contributed by atoms with Gasteiger partial charge in [-0.15, -0.1) is 0 Å². The Labute approximate surface area is 145 Å². The van der Waals surface area contributed by atoms with Crippen LogP contribution in [-0.2, 0) is 9.84 Å². The van der Waals surface area contributed by atoms with Crippen molar-refractivity contribution in [1.29, 1.82) is 5.26 Å². The van der Waals surface area contributed by atoms with E-state index < -0.39 is 15.1 Å². The lowest BCUT2D eigenvalue weighted by atomic mass is 10.2. The molecule has 1 atom stereocenters. The Morgan fingerprint density at radius 1 is 1.04 bits per heavy atom. The molecule has 1 unspecified atom stereocenters. The lowest BCUT2D eigenvalue weighted by Crippen LogP contribution is -2.16. The van der Waals surface area contributed by atoms with E-state index in [1.165, 1.54) is 12.1 Å². The second-order valence-electron chi connectivity index (χ2n) is 5.20. The van der Waals surface area contributed by atoms with Crippen LogP contribution in [0.5, 0.6) is 5.88 Å². The first-order valence-electron chi connectivity index (χ1n) is 7.66. The van der Waals surface area contributed by atoms with Gasteiger partial charge in [-0.2, -0.15) is 5.26 Å². The van der Waals surface area contributed by atoms with Gasteiger partial charge in [-0.25, -0.2) is 18.4 Å². The Hall–Kier alpha value is -2.98. The predicted octanol–water partition coefficient (Wildman–Crippen LogP) is 3.07. The molecule has 7 heteroatoms. The molecule has 0 saturated carbocycles. The van der Waals surface area contributed by atoms with E-state index in [1.54, 1.807) is 49.4 Å². The fraction of sp³-hybridized carbons (Fsp3) is 0.167. The van der Waals surface area contributed by atoms with Gasteiger partial charge in [-0.05, 0) is 31.2 Å². The van der Waals surface area contributed by atoms with E-state index in [4.69, 9.17) is 4.74 Å². The molecule has 6 nitrogen and oxygen atoms in total. The number of hydrogen-bond donors (Lipinski definition) is 0. The van der Waals surface area contributed by atoms with E-state index in [2.05, 4.69) is 9.97 Å². The zero-order valence-electron chi connectivity index (χ0n) is 13.5. The first-order chi connectivity index (χ1) is 12.1. The standard InChI is InChI=1S/C18H15N3O3S/c1-2-24-18-17(20-14-10-6-7-11-15(14)21-18)16(12-19)25(22,23)13-8-4-3-5-9-13/h3-11,16H,2H2,1H3. The van der Waals surface area contributed by atoms with Crippen LogP contribution in [0.2, 0.25) is 0 Å². The number of fused-ring (bicyclic) bond motifs is 1. The molecular formula is C18H15N3O3S. The maximum Gasteiger partial charge on any atom is 0.238 e. The number of rotatable bonds is 5. The SMILES string of the molecule is CCOc1nc2ccccc2nc1C(C#N)S(=O)(=O)c1ccccc1. The van der Waals surface area contributed by atoms with E-state index in [0.717, 1.165) is 0 Å². The number of hydrogen-bond acceptors (Lipinski definition) is 6. The number of nitriles is 1. The highest BCUT2D eigenvalue weighted by Crippen LogP contribution is 2.33. The van der Waals surface area contributed by atoms with Crippen molar-refractivity contribution in [3.05, 3.63) is 60.3 Å². The molecule has 2 aromatic carbocycles. The average Bonchev–Trinajstić information content (AvgIpc) is 2.63. The summed E-state index contributed by atoms with van der Waals surface area (Å²) in [5.74, 6) is 0.0623. The van der Waals surface area contributed by atoms with Crippen LogP contribution in [0.15, 0.2) is 59.5 Å². The lowest BCUT2D eigenvalue weighted by Gasteiger charge is -2.14. The Morgan fingerprint density at radius 2 is 1.64 bits per heavy atom. The van der Waals surface area contributed by atoms with Crippen molar-refractivity contribution in [1.82, 2.24) is 9.97 Å². The van der Waals surface area contributed by atoms with Gasteiger partial charge >= 0.3 is 0 Å². The summed E-state index contributed by atoms with van der Waals surface area (Å²) in [4.78, 5) is 8.76. The van der Waals surface area contributed by atoms with Crippen molar-refractivity contribution in [2.75, 3.05) is 6.61 Å². The molecule has 0 amide bonds. The smallest absolute Gasteiger partial charge is 0.238 e. The minimum absolute atomic E-state index is 0.00639. The van der Waals surface area contributed by atoms with Gasteiger partial charge in [0.05, 0.1) is 28.6 Å². The third-order valence-corrected chi connectivity index (χ3v) is 5.47. The molecular weight excluding hydrogens is 338 g/mol. The maximum atomic E-state index is 12.9. The van der Waals surface area contributed by atoms with E-state index >= 15 is 0 Å². The second-order valence-corrected chi connectivity index (χ2v) is 7.24. The molecule has 0 saturated heterocycles. The van der Waals surface area contributed by atoms with Crippen LogP contribution in [0.3, 0.4) is 0 Å². The molecule has 3 aromatic rings. The van der Waals surface area contributed by atoms with Crippen LogP contribution >= 0.6 is 0 Å². The van der Waals surface area contributed by atoms with Gasteiger partial charge in [0.25, 0.3) is 0 Å². The van der Waals surface area contributed by atoms with Gasteiger partial charge in [0.2, 0.25) is 15.7 Å². The van der Waals surface area contributed by atoms with Crippen molar-refractivity contribution in [3.63, 3.8) is 0 Å². The molecule has 0 N–H and O–H groups in total. The second kappa shape index (κ2) is 6.87. The Morgan fingerprint density at radius 3 is 2.24 bits per heavy atom. The number of benzene rings is 2. The van der Waals surface area contributed by atoms with Crippen molar-refractivity contribution >= 4 is 20.9 Å². The van der Waals surface area contributed by atoms with Gasteiger partial charge in [0.1, 0.15) is 5.69 Å². The van der Waals surface area contributed by atoms with Crippen LogP contribution in [0.25, 0.3) is 11.0 Å². The minimum atomic E-state index is -3.96. The summed E-state index contributed by atoms with van der Waals surface area (Å²) in [6, 6.07) is 16.7. The molecule has 126 valence electrons. The molecule has 1 heterocycles. The Bertz CT molecular complexity index is 1040. The van der Waals surface area contributed by atoms with Gasteiger partial charge in [0.15, 0.2) is 5.25 Å². The van der Waals surface area contributed by atoms with Gasteiger partial charge in [-0.1, -0.05) is 30.3 Å². The van der Waals surface area contributed by atoms with Crippen molar-refractivity contribution in [3.8, 4) is 11.9 Å². The molecule has 0 aliphatic rings. The predicted molar refractivity (Wildman–Crippen MR) is 92.7 cm³/mol. The fourth-order valence-corrected chi connectivity index (χ4v) is 3.83. The number of ether oxygens (including phenoxy) is 1. The maximum absolute atomic E-state index is 12.9. The van der Waals surface area contributed by atoms with Crippen molar-refractivity contribution < 1.29 is 13.2 Å². The normalized spacial score (nSPS) is 12.5. The average molecular weight is 353 g/mol. The lowest BCUT2D eigenvalue weighted by molar-refractivity contribution is 0.322. The van der Waals surface area contributed by atoms with E-state index in [9.17, 15) is 13.7 Å². The molecule has 0 bridgehead atoms. The summed E-state index contributed by atoms with van der Waals surface area (Å²) in [5, 5.41) is 8.08. The number of nitrogens with zero attached hydrogens (tertiary/aromatic N) is 3. The monoisotopic (exact) mass is 353 g/mol. The highest BCUT2D eigenvalue weighted by molar-refractivity contribution is 7.92. The summed E-state index contributed by atoms with van der Waals surface area (Å²) in [6.07, 6.45) is 0. The molecule has 3 rings (SSSR count). The molecule has 25 heavy (non-hydrogen) atoms. The van der Waals surface area contributed by atoms with E-state index in [0.29, 0.717) is 11.0 Å². The Kier molecular flexibility index (Phi) is 4.63. The molecule has 0 aliphatic carbocycles.